The van der Waals surface area contributed by atoms with Gasteiger partial charge in [0.15, 0.2) is 11.5 Å². The highest BCUT2D eigenvalue weighted by molar-refractivity contribution is 7.99. The molecule has 0 fully saturated rings. The quantitative estimate of drug-likeness (QED) is 0.293. The summed E-state index contributed by atoms with van der Waals surface area (Å²) >= 11 is 2.98. The molecule has 1 N–H and O–H groups in total. The number of rotatable bonds is 9. The Kier molecular flexibility index (Phi) is 9.27. The monoisotopic (exact) mass is 610 g/mol. The van der Waals surface area contributed by atoms with Crippen LogP contribution in [0.2, 0.25) is 0 Å². The maximum absolute atomic E-state index is 13.8. The number of fused-ring (bicyclic) bond motifs is 2. The molecule has 42 heavy (non-hydrogen) atoms. The largest absolute Gasteiger partial charge is 0.493 e. The predicted octanol–water partition coefficient (Wildman–Crippen LogP) is 6.04. The van der Waals surface area contributed by atoms with Crippen molar-refractivity contribution in [3.05, 3.63) is 58.0 Å². The van der Waals surface area contributed by atoms with E-state index in [0.29, 0.717) is 33.5 Å². The first-order chi connectivity index (χ1) is 20.4. The van der Waals surface area contributed by atoms with E-state index in [1.54, 1.807) is 40.0 Å². The first-order valence-corrected chi connectivity index (χ1v) is 15.6. The number of aryl methyl sites for hydroxylation is 1. The minimum Gasteiger partial charge on any atom is -0.493 e. The minimum absolute atomic E-state index is 0.145. The molecule has 2 heterocycles. The van der Waals surface area contributed by atoms with Crippen molar-refractivity contribution >= 4 is 51.6 Å². The number of anilines is 2. The van der Waals surface area contributed by atoms with E-state index in [1.165, 1.54) is 16.2 Å². The summed E-state index contributed by atoms with van der Waals surface area (Å²) in [5, 5.41) is 3.17. The molecule has 0 saturated heterocycles. The molecule has 11 heteroatoms. The zero-order chi connectivity index (χ0) is 29.8. The second-order valence-electron chi connectivity index (χ2n) is 9.90. The van der Waals surface area contributed by atoms with Gasteiger partial charge in [-0.15, -0.1) is 23.1 Å². The van der Waals surface area contributed by atoms with Crippen molar-refractivity contribution in [3.8, 4) is 17.2 Å². The topological polar surface area (TPSA) is 103 Å². The molecule has 0 saturated carbocycles. The van der Waals surface area contributed by atoms with Gasteiger partial charge in [0.2, 0.25) is 17.6 Å². The van der Waals surface area contributed by atoms with Gasteiger partial charge in [0, 0.05) is 21.4 Å². The van der Waals surface area contributed by atoms with Crippen LogP contribution < -0.4 is 24.4 Å². The van der Waals surface area contributed by atoms with Crippen molar-refractivity contribution < 1.29 is 33.3 Å². The van der Waals surface area contributed by atoms with E-state index in [4.69, 9.17) is 18.9 Å². The molecule has 0 radical (unpaired) electrons. The molecule has 222 valence electrons. The number of esters is 1. The van der Waals surface area contributed by atoms with Crippen LogP contribution in [0.4, 0.5) is 10.7 Å². The number of amides is 2. The van der Waals surface area contributed by atoms with Crippen LogP contribution in [0.15, 0.2) is 41.3 Å². The summed E-state index contributed by atoms with van der Waals surface area (Å²) in [5.74, 6) is 0.489. The predicted molar refractivity (Wildman–Crippen MR) is 164 cm³/mol. The molecule has 3 aromatic rings. The van der Waals surface area contributed by atoms with Crippen molar-refractivity contribution in [1.82, 2.24) is 0 Å². The van der Waals surface area contributed by atoms with Gasteiger partial charge in [0.1, 0.15) is 11.5 Å². The van der Waals surface area contributed by atoms with Gasteiger partial charge in [-0.1, -0.05) is 12.1 Å². The van der Waals surface area contributed by atoms with Crippen LogP contribution in [0.3, 0.4) is 0 Å². The van der Waals surface area contributed by atoms with Crippen LogP contribution in [0.5, 0.6) is 17.2 Å². The Balaban J connectivity index is 1.42. The van der Waals surface area contributed by atoms with Crippen LogP contribution >= 0.6 is 23.1 Å². The third-order valence-corrected chi connectivity index (χ3v) is 9.88. The Labute approximate surface area is 253 Å². The molecule has 2 aromatic carbocycles. The van der Waals surface area contributed by atoms with Gasteiger partial charge in [0.05, 0.1) is 39.2 Å². The SMILES string of the molecule is CCOC(=O)c1c(NC(=O)CN2C(=O)CC(c3cc(OC)c(OC)c(OC)c3)Sc3ccccc32)sc2c1CCCC2. The maximum Gasteiger partial charge on any atom is 0.341 e. The second kappa shape index (κ2) is 13.1. The highest BCUT2D eigenvalue weighted by Crippen LogP contribution is 2.49. The smallest absolute Gasteiger partial charge is 0.341 e. The molecule has 5 rings (SSSR count). The molecule has 1 aromatic heterocycles. The lowest BCUT2D eigenvalue weighted by molar-refractivity contribution is -0.121. The summed E-state index contributed by atoms with van der Waals surface area (Å²) in [5.41, 5.74) is 2.92. The van der Waals surface area contributed by atoms with E-state index in [9.17, 15) is 14.4 Å². The number of thioether (sulfide) groups is 1. The van der Waals surface area contributed by atoms with Gasteiger partial charge in [-0.25, -0.2) is 4.79 Å². The summed E-state index contributed by atoms with van der Waals surface area (Å²) in [6, 6.07) is 11.3. The van der Waals surface area contributed by atoms with Crippen molar-refractivity contribution in [2.45, 2.75) is 49.2 Å². The van der Waals surface area contributed by atoms with Gasteiger partial charge in [-0.2, -0.15) is 0 Å². The zero-order valence-corrected chi connectivity index (χ0v) is 25.7. The highest BCUT2D eigenvalue weighted by atomic mass is 32.2. The van der Waals surface area contributed by atoms with Crippen molar-refractivity contribution in [1.29, 1.82) is 0 Å². The molecule has 2 aliphatic rings. The Morgan fingerprint density at radius 2 is 1.74 bits per heavy atom. The lowest BCUT2D eigenvalue weighted by Gasteiger charge is -2.22. The molecule has 1 aliphatic heterocycles. The molecular weight excluding hydrogens is 576 g/mol. The Bertz CT molecular complexity index is 1480. The number of para-hydroxylation sites is 1. The molecule has 0 spiro atoms. The molecule has 1 aliphatic carbocycles. The summed E-state index contributed by atoms with van der Waals surface area (Å²) in [6.07, 6.45) is 3.85. The second-order valence-corrected chi connectivity index (χ2v) is 12.3. The number of hydrogen-bond donors (Lipinski definition) is 1. The van der Waals surface area contributed by atoms with Gasteiger partial charge >= 0.3 is 5.97 Å². The standard InChI is InChI=1S/C31H34N2O7S2/c1-5-40-31(36)28-19-10-6-8-12-23(19)42-30(28)32-26(34)17-33-20-11-7-9-13-24(20)41-25(16-27(33)35)18-14-21(37-2)29(39-4)22(15-18)38-3/h7,9,11,13-15,25H,5-6,8,10,12,16-17H2,1-4H3,(H,32,34). The number of benzene rings is 2. The van der Waals surface area contributed by atoms with E-state index in [2.05, 4.69) is 5.32 Å². The number of nitrogens with zero attached hydrogens (tertiary/aromatic N) is 1. The van der Waals surface area contributed by atoms with Crippen molar-refractivity contribution in [2.24, 2.45) is 0 Å². The first kappa shape index (κ1) is 29.8. The third-order valence-electron chi connectivity index (χ3n) is 7.35. The van der Waals surface area contributed by atoms with E-state index >= 15 is 0 Å². The van der Waals surface area contributed by atoms with Crippen LogP contribution in [-0.2, 0) is 27.2 Å². The number of methoxy groups -OCH3 is 3. The number of hydrogen-bond acceptors (Lipinski definition) is 9. The summed E-state index contributed by atoms with van der Waals surface area (Å²) in [4.78, 5) is 43.6. The normalized spacial score (nSPS) is 16.1. The van der Waals surface area contributed by atoms with Gasteiger partial charge in [-0.3, -0.25) is 9.59 Å². The molecule has 1 atom stereocenters. The lowest BCUT2D eigenvalue weighted by atomic mass is 9.95. The van der Waals surface area contributed by atoms with Crippen molar-refractivity contribution in [2.75, 3.05) is 44.7 Å². The van der Waals surface area contributed by atoms with Gasteiger partial charge in [-0.05, 0) is 68.0 Å². The van der Waals surface area contributed by atoms with E-state index in [-0.39, 0.29) is 36.6 Å². The van der Waals surface area contributed by atoms with Crippen LogP contribution in [0, 0.1) is 0 Å². The fourth-order valence-corrected chi connectivity index (χ4v) is 7.96. The fraction of sp³-hybridized carbons (Fsp3) is 0.387. The maximum atomic E-state index is 13.8. The van der Waals surface area contributed by atoms with Crippen LogP contribution in [-0.4, -0.2) is 52.3 Å². The minimum atomic E-state index is -0.423. The van der Waals surface area contributed by atoms with E-state index in [1.807, 2.05) is 36.4 Å². The molecule has 0 bridgehead atoms. The number of ether oxygens (including phenoxy) is 4. The summed E-state index contributed by atoms with van der Waals surface area (Å²) < 4.78 is 21.9. The Morgan fingerprint density at radius 3 is 2.43 bits per heavy atom. The number of nitrogens with one attached hydrogen (secondary N) is 1. The molecule has 1 unspecified atom stereocenters. The van der Waals surface area contributed by atoms with Crippen LogP contribution in [0.1, 0.15) is 57.8 Å². The van der Waals surface area contributed by atoms with E-state index in [0.717, 1.165) is 46.6 Å². The average Bonchev–Trinajstić information content (AvgIpc) is 3.29. The van der Waals surface area contributed by atoms with Gasteiger partial charge < -0.3 is 29.2 Å². The summed E-state index contributed by atoms with van der Waals surface area (Å²) in [7, 11) is 4.66. The number of thiophene rings is 1. The highest BCUT2D eigenvalue weighted by Gasteiger charge is 2.33. The van der Waals surface area contributed by atoms with Gasteiger partial charge in [0.25, 0.3) is 0 Å². The average molecular weight is 611 g/mol. The number of carbonyl (C=O) groups excluding carboxylic acids is 3. The third kappa shape index (κ3) is 5.94. The fourth-order valence-electron chi connectivity index (χ4n) is 5.41. The van der Waals surface area contributed by atoms with Crippen molar-refractivity contribution in [3.63, 3.8) is 0 Å². The first-order valence-electron chi connectivity index (χ1n) is 13.9. The molecular formula is C31H34N2O7S2. The molecule has 2 amide bonds. The van der Waals surface area contributed by atoms with E-state index < -0.39 is 5.97 Å². The number of carbonyl (C=O) groups is 3. The summed E-state index contributed by atoms with van der Waals surface area (Å²) in [6.45, 7) is 1.82. The Morgan fingerprint density at radius 1 is 1.02 bits per heavy atom. The Hall–Kier alpha value is -3.70. The molecule has 9 nitrogen and oxygen atoms in total. The van der Waals surface area contributed by atoms with Crippen LogP contribution in [0.25, 0.3) is 0 Å². The lowest BCUT2D eigenvalue weighted by Crippen LogP contribution is -2.38. The zero-order valence-electron chi connectivity index (χ0n) is 24.1.